The Labute approximate surface area is 136 Å². The number of carboxylic acid groups (broad SMARTS) is 1. The van der Waals surface area contributed by atoms with Gasteiger partial charge in [-0.2, -0.15) is 0 Å². The fourth-order valence-corrected chi connectivity index (χ4v) is 3.45. The zero-order valence-electron chi connectivity index (χ0n) is 14.0. The number of hydrogen-bond donors (Lipinski definition) is 1. The number of hydrogen-bond acceptors (Lipinski definition) is 4. The van der Waals surface area contributed by atoms with Crippen LogP contribution in [0, 0.1) is 5.92 Å². The Morgan fingerprint density at radius 2 is 2.00 bits per heavy atom. The summed E-state index contributed by atoms with van der Waals surface area (Å²) < 4.78 is 10.5. The third-order valence-corrected chi connectivity index (χ3v) is 4.76. The Kier molecular flexibility index (Phi) is 4.82. The molecule has 1 aromatic carbocycles. The van der Waals surface area contributed by atoms with Crippen molar-refractivity contribution >= 4 is 11.9 Å². The lowest BCUT2D eigenvalue weighted by molar-refractivity contribution is -0.190. The number of carbonyl (C=O) groups is 2. The summed E-state index contributed by atoms with van der Waals surface area (Å²) in [4.78, 5) is 25.7. The molecule has 1 aliphatic rings. The topological polar surface area (TPSA) is 76.1 Å². The number of methoxy groups -OCH3 is 2. The molecule has 0 radical (unpaired) electrons. The van der Waals surface area contributed by atoms with Crippen LogP contribution in [-0.4, -0.2) is 41.6 Å². The van der Waals surface area contributed by atoms with Gasteiger partial charge in [-0.3, -0.25) is 4.79 Å². The molecule has 0 spiro atoms. The van der Waals surface area contributed by atoms with Gasteiger partial charge in [-0.15, -0.1) is 0 Å². The number of nitrogens with zero attached hydrogens (tertiary/aromatic N) is 1. The van der Waals surface area contributed by atoms with Crippen molar-refractivity contribution in [2.45, 2.75) is 38.8 Å². The monoisotopic (exact) mass is 321 g/mol. The second-order valence-electron chi connectivity index (χ2n) is 5.65. The molecule has 23 heavy (non-hydrogen) atoms. The summed E-state index contributed by atoms with van der Waals surface area (Å²) in [7, 11) is 3.10. The Balaban J connectivity index is 2.35. The van der Waals surface area contributed by atoms with E-state index in [4.69, 9.17) is 9.47 Å². The molecule has 2 atom stereocenters. The number of likely N-dealkylation sites (tertiary alicyclic amines) is 1. The highest BCUT2D eigenvalue weighted by atomic mass is 16.5. The van der Waals surface area contributed by atoms with Crippen molar-refractivity contribution in [3.05, 3.63) is 23.8 Å². The van der Waals surface area contributed by atoms with E-state index in [9.17, 15) is 14.7 Å². The van der Waals surface area contributed by atoms with E-state index in [-0.39, 0.29) is 12.5 Å². The highest BCUT2D eigenvalue weighted by Gasteiger charge is 2.62. The molecular formula is C17H23NO5. The molecule has 6 nitrogen and oxygen atoms in total. The lowest BCUT2D eigenvalue weighted by Gasteiger charge is -2.54. The van der Waals surface area contributed by atoms with E-state index >= 15 is 0 Å². The normalized spacial score (nSPS) is 23.4. The van der Waals surface area contributed by atoms with Gasteiger partial charge >= 0.3 is 5.97 Å². The van der Waals surface area contributed by atoms with Gasteiger partial charge in [-0.25, -0.2) is 4.79 Å². The van der Waals surface area contributed by atoms with E-state index in [1.54, 1.807) is 25.3 Å². The van der Waals surface area contributed by atoms with Crippen molar-refractivity contribution in [2.24, 2.45) is 5.92 Å². The number of amides is 1. The molecule has 126 valence electrons. The van der Waals surface area contributed by atoms with Crippen LogP contribution in [-0.2, 0) is 16.1 Å². The maximum Gasteiger partial charge on any atom is 0.330 e. The average Bonchev–Trinajstić information content (AvgIpc) is 2.56. The van der Waals surface area contributed by atoms with Gasteiger partial charge in [0.1, 0.15) is 11.5 Å². The lowest BCUT2D eigenvalue weighted by Crippen LogP contribution is -2.73. The standard InChI is InChI=1S/C17H23NO5/c1-5-13-15(19)18(17(13,6-2)16(20)21)10-11-7-8-12(22-3)9-14(11)23-4/h7-9,13H,5-6,10H2,1-4H3,(H,20,21)/t13-,17-/m0/s1. The molecule has 0 unspecified atom stereocenters. The molecule has 1 amide bonds. The summed E-state index contributed by atoms with van der Waals surface area (Å²) in [5.74, 6) is -0.303. The van der Waals surface area contributed by atoms with Gasteiger partial charge in [-0.05, 0) is 25.0 Å². The zero-order valence-corrected chi connectivity index (χ0v) is 14.0. The van der Waals surface area contributed by atoms with Gasteiger partial charge in [0, 0.05) is 11.6 Å². The summed E-state index contributed by atoms with van der Waals surface area (Å²) in [6.07, 6.45) is 0.903. The Morgan fingerprint density at radius 3 is 2.48 bits per heavy atom. The molecule has 1 heterocycles. The third-order valence-electron chi connectivity index (χ3n) is 4.76. The quantitative estimate of drug-likeness (QED) is 0.780. The molecule has 1 aromatic rings. The average molecular weight is 321 g/mol. The molecule has 0 aromatic heterocycles. The molecular weight excluding hydrogens is 298 g/mol. The third kappa shape index (κ3) is 2.52. The minimum absolute atomic E-state index is 0.116. The molecule has 1 aliphatic heterocycles. The number of ether oxygens (including phenoxy) is 2. The van der Waals surface area contributed by atoms with Crippen LogP contribution in [0.3, 0.4) is 0 Å². The number of rotatable bonds is 7. The van der Waals surface area contributed by atoms with Crippen LogP contribution in [0.1, 0.15) is 32.3 Å². The second kappa shape index (κ2) is 6.48. The van der Waals surface area contributed by atoms with Gasteiger partial charge in [0.25, 0.3) is 0 Å². The SMILES string of the molecule is CC[C@H]1C(=O)N(Cc2ccc(OC)cc2OC)[C@]1(CC)C(=O)O. The van der Waals surface area contributed by atoms with E-state index in [1.807, 2.05) is 13.8 Å². The van der Waals surface area contributed by atoms with Crippen LogP contribution >= 0.6 is 0 Å². The smallest absolute Gasteiger partial charge is 0.330 e. The highest BCUT2D eigenvalue weighted by Crippen LogP contribution is 2.44. The first kappa shape index (κ1) is 17.1. The van der Waals surface area contributed by atoms with Crippen molar-refractivity contribution in [3.63, 3.8) is 0 Å². The number of carbonyl (C=O) groups excluding carboxylic acids is 1. The lowest BCUT2D eigenvalue weighted by atomic mass is 9.69. The molecule has 1 saturated heterocycles. The van der Waals surface area contributed by atoms with Crippen molar-refractivity contribution in [3.8, 4) is 11.5 Å². The minimum Gasteiger partial charge on any atom is -0.497 e. The summed E-state index contributed by atoms with van der Waals surface area (Å²) in [6, 6.07) is 5.30. The van der Waals surface area contributed by atoms with Gasteiger partial charge in [-0.1, -0.05) is 13.8 Å². The van der Waals surface area contributed by atoms with E-state index in [0.29, 0.717) is 24.3 Å². The van der Waals surface area contributed by atoms with Crippen LogP contribution in [0.15, 0.2) is 18.2 Å². The number of benzene rings is 1. The molecule has 0 saturated carbocycles. The van der Waals surface area contributed by atoms with Crippen molar-refractivity contribution < 1.29 is 24.2 Å². The van der Waals surface area contributed by atoms with Crippen LogP contribution in [0.2, 0.25) is 0 Å². The minimum atomic E-state index is -1.13. The predicted molar refractivity (Wildman–Crippen MR) is 84.5 cm³/mol. The number of aliphatic carboxylic acids is 1. The maximum absolute atomic E-state index is 12.4. The summed E-state index contributed by atoms with van der Waals surface area (Å²) >= 11 is 0. The number of β-lactam (4-membered cyclic amide) rings is 1. The second-order valence-corrected chi connectivity index (χ2v) is 5.65. The fraction of sp³-hybridized carbons (Fsp3) is 0.529. The van der Waals surface area contributed by atoms with Crippen LogP contribution in [0.5, 0.6) is 11.5 Å². The van der Waals surface area contributed by atoms with E-state index in [1.165, 1.54) is 12.0 Å². The van der Waals surface area contributed by atoms with Gasteiger partial charge in [0.15, 0.2) is 5.54 Å². The van der Waals surface area contributed by atoms with E-state index in [2.05, 4.69) is 0 Å². The Hall–Kier alpha value is -2.24. The predicted octanol–water partition coefficient (Wildman–Crippen LogP) is 2.31. The van der Waals surface area contributed by atoms with Crippen LogP contribution < -0.4 is 9.47 Å². The Morgan fingerprint density at radius 1 is 1.30 bits per heavy atom. The van der Waals surface area contributed by atoms with Crippen LogP contribution in [0.25, 0.3) is 0 Å². The summed E-state index contributed by atoms with van der Waals surface area (Å²) in [6.45, 7) is 3.87. The molecule has 0 aliphatic carbocycles. The first-order chi connectivity index (χ1) is 11.0. The fourth-order valence-electron chi connectivity index (χ4n) is 3.45. The first-order valence-electron chi connectivity index (χ1n) is 7.71. The van der Waals surface area contributed by atoms with E-state index in [0.717, 1.165) is 5.56 Å². The molecule has 1 N–H and O–H groups in total. The molecule has 1 fully saturated rings. The zero-order chi connectivity index (χ0) is 17.2. The number of carboxylic acids is 1. The van der Waals surface area contributed by atoms with Gasteiger partial charge < -0.3 is 19.5 Å². The molecule has 2 rings (SSSR count). The van der Waals surface area contributed by atoms with Gasteiger partial charge in [0.2, 0.25) is 5.91 Å². The maximum atomic E-state index is 12.4. The highest BCUT2D eigenvalue weighted by molar-refractivity contribution is 6.00. The van der Waals surface area contributed by atoms with Gasteiger partial charge in [0.05, 0.1) is 26.7 Å². The largest absolute Gasteiger partial charge is 0.497 e. The molecule has 0 bridgehead atoms. The van der Waals surface area contributed by atoms with Crippen molar-refractivity contribution in [1.82, 2.24) is 4.90 Å². The summed E-state index contributed by atoms with van der Waals surface area (Å²) in [5, 5.41) is 9.72. The van der Waals surface area contributed by atoms with E-state index < -0.39 is 17.4 Å². The Bertz CT molecular complexity index is 615. The summed E-state index contributed by atoms with van der Waals surface area (Å²) in [5.41, 5.74) is -0.369. The van der Waals surface area contributed by atoms with Crippen molar-refractivity contribution in [1.29, 1.82) is 0 Å². The molecule has 6 heteroatoms. The first-order valence-corrected chi connectivity index (χ1v) is 7.71. The van der Waals surface area contributed by atoms with Crippen molar-refractivity contribution in [2.75, 3.05) is 14.2 Å². The van der Waals surface area contributed by atoms with Crippen LogP contribution in [0.4, 0.5) is 0 Å².